The monoisotopic (exact) mass is 420 g/mol. The number of carbonyl (C=O) groups excluding carboxylic acids is 2. The summed E-state index contributed by atoms with van der Waals surface area (Å²) in [7, 11) is 0. The average Bonchev–Trinajstić information content (AvgIpc) is 2.69. The van der Waals surface area contributed by atoms with Crippen molar-refractivity contribution in [3.8, 4) is 0 Å². The number of allylic oxidation sites excluding steroid dienone is 2. The summed E-state index contributed by atoms with van der Waals surface area (Å²) in [5.41, 5.74) is 1.11. The number of aliphatic hydroxyl groups excluding tert-OH is 2. The van der Waals surface area contributed by atoms with Gasteiger partial charge < -0.3 is 19.7 Å². The number of aliphatic hydroxyl groups is 2. The first-order valence-electron chi connectivity index (χ1n) is 11.4. The normalized spacial score (nSPS) is 39.5. The first kappa shape index (κ1) is 23.0. The molecule has 168 valence electrons. The van der Waals surface area contributed by atoms with E-state index < -0.39 is 18.3 Å². The summed E-state index contributed by atoms with van der Waals surface area (Å²) in [5, 5.41) is 20.8. The zero-order chi connectivity index (χ0) is 22.0. The van der Waals surface area contributed by atoms with Gasteiger partial charge in [0.05, 0.1) is 24.5 Å². The number of carbonyl (C=O) groups is 2. The highest BCUT2D eigenvalue weighted by Crippen LogP contribution is 2.45. The molecule has 1 fully saturated rings. The van der Waals surface area contributed by atoms with Crippen molar-refractivity contribution in [3.63, 3.8) is 0 Å². The van der Waals surface area contributed by atoms with Crippen LogP contribution in [-0.4, -0.2) is 46.6 Å². The Morgan fingerprint density at radius 2 is 2.00 bits per heavy atom. The van der Waals surface area contributed by atoms with E-state index >= 15 is 0 Å². The highest BCUT2D eigenvalue weighted by Gasteiger charge is 2.46. The molecule has 1 unspecified atom stereocenters. The summed E-state index contributed by atoms with van der Waals surface area (Å²) in [5.74, 6) is -0.622. The molecule has 0 bridgehead atoms. The summed E-state index contributed by atoms with van der Waals surface area (Å²) in [6.07, 6.45) is 6.72. The van der Waals surface area contributed by atoms with E-state index in [9.17, 15) is 19.8 Å². The number of hydrogen-bond acceptors (Lipinski definition) is 6. The average molecular weight is 421 g/mol. The minimum absolute atomic E-state index is 0.0618. The SMILES string of the molecule is CC[C@H](C)C(=O)O[C@@H]1C(O)[C@H](C)C=C2C=C[C@H](C)[C@H](CC[C@@H]3C[C@@H](O)CC(=O)O3)[C@H]21. The van der Waals surface area contributed by atoms with Crippen LogP contribution >= 0.6 is 0 Å². The van der Waals surface area contributed by atoms with Crippen molar-refractivity contribution in [2.45, 2.75) is 84.2 Å². The molecule has 2 N–H and O–H groups in total. The third-order valence-electron chi connectivity index (χ3n) is 7.12. The lowest BCUT2D eigenvalue weighted by Crippen LogP contribution is -2.49. The highest BCUT2D eigenvalue weighted by molar-refractivity contribution is 5.72. The fourth-order valence-electron chi connectivity index (χ4n) is 5.02. The molecule has 0 saturated carbocycles. The molecule has 1 saturated heterocycles. The standard InChI is InChI=1S/C24H36O6/c1-5-13(2)24(28)30-23-21-16(10-15(4)22(23)27)7-6-14(3)19(21)9-8-18-11-17(25)12-20(26)29-18/h6-7,10,13-15,17-19,21-23,25,27H,5,8-9,11-12H2,1-4H3/t13-,14-,15+,17+,18+,19-,21-,22?,23-/m0/s1. The lowest BCUT2D eigenvalue weighted by Gasteiger charge is -2.45. The Bertz CT molecular complexity index is 698. The van der Waals surface area contributed by atoms with E-state index in [1.165, 1.54) is 0 Å². The van der Waals surface area contributed by atoms with Crippen molar-refractivity contribution in [2.24, 2.45) is 29.6 Å². The van der Waals surface area contributed by atoms with Gasteiger partial charge in [0.25, 0.3) is 0 Å². The van der Waals surface area contributed by atoms with Gasteiger partial charge in [0.2, 0.25) is 0 Å². The minimum atomic E-state index is -0.748. The zero-order valence-electron chi connectivity index (χ0n) is 18.5. The lowest BCUT2D eigenvalue weighted by atomic mass is 9.64. The van der Waals surface area contributed by atoms with Gasteiger partial charge in [-0.3, -0.25) is 9.59 Å². The Kier molecular flexibility index (Phi) is 7.40. The maximum Gasteiger partial charge on any atom is 0.309 e. The number of fused-ring (bicyclic) bond motifs is 1. The second kappa shape index (κ2) is 9.65. The molecule has 6 heteroatoms. The maximum atomic E-state index is 12.6. The highest BCUT2D eigenvalue weighted by atomic mass is 16.6. The Morgan fingerprint density at radius 1 is 1.27 bits per heavy atom. The Hall–Kier alpha value is -1.66. The van der Waals surface area contributed by atoms with E-state index in [4.69, 9.17) is 9.47 Å². The molecule has 2 aliphatic carbocycles. The van der Waals surface area contributed by atoms with Crippen LogP contribution in [0.5, 0.6) is 0 Å². The van der Waals surface area contributed by atoms with E-state index in [0.717, 1.165) is 12.0 Å². The van der Waals surface area contributed by atoms with Crippen LogP contribution in [0.4, 0.5) is 0 Å². The molecular formula is C24H36O6. The number of hydrogen-bond donors (Lipinski definition) is 2. The van der Waals surface area contributed by atoms with Gasteiger partial charge >= 0.3 is 11.9 Å². The molecule has 6 nitrogen and oxygen atoms in total. The third kappa shape index (κ3) is 4.97. The summed E-state index contributed by atoms with van der Waals surface area (Å²) in [4.78, 5) is 24.3. The second-order valence-corrected chi connectivity index (χ2v) is 9.42. The van der Waals surface area contributed by atoms with Crippen LogP contribution in [0, 0.1) is 29.6 Å². The van der Waals surface area contributed by atoms with Gasteiger partial charge in [0.1, 0.15) is 12.2 Å². The van der Waals surface area contributed by atoms with Gasteiger partial charge in [-0.05, 0) is 36.7 Å². The van der Waals surface area contributed by atoms with Crippen LogP contribution < -0.4 is 0 Å². The molecule has 0 spiro atoms. The first-order chi connectivity index (χ1) is 14.2. The van der Waals surface area contributed by atoms with Gasteiger partial charge in [-0.25, -0.2) is 0 Å². The largest absolute Gasteiger partial charge is 0.462 e. The van der Waals surface area contributed by atoms with Crippen LogP contribution in [0.15, 0.2) is 23.8 Å². The molecule has 0 radical (unpaired) electrons. The molecule has 3 aliphatic rings. The molecule has 0 aromatic carbocycles. The summed E-state index contributed by atoms with van der Waals surface area (Å²) in [6.45, 7) is 7.88. The zero-order valence-corrected chi connectivity index (χ0v) is 18.5. The van der Waals surface area contributed by atoms with Crippen LogP contribution in [0.2, 0.25) is 0 Å². The fourth-order valence-corrected chi connectivity index (χ4v) is 5.02. The lowest BCUT2D eigenvalue weighted by molar-refractivity contribution is -0.169. The molecule has 30 heavy (non-hydrogen) atoms. The van der Waals surface area contributed by atoms with Crippen molar-refractivity contribution in [1.82, 2.24) is 0 Å². The van der Waals surface area contributed by atoms with Crippen molar-refractivity contribution >= 4 is 11.9 Å². The van der Waals surface area contributed by atoms with Crippen molar-refractivity contribution < 1.29 is 29.3 Å². The van der Waals surface area contributed by atoms with Gasteiger partial charge in [0, 0.05) is 18.3 Å². The van der Waals surface area contributed by atoms with Crippen LogP contribution in [0.3, 0.4) is 0 Å². The summed E-state index contributed by atoms with van der Waals surface area (Å²) >= 11 is 0. The van der Waals surface area contributed by atoms with Crippen molar-refractivity contribution in [2.75, 3.05) is 0 Å². The quantitative estimate of drug-likeness (QED) is 0.641. The maximum absolute atomic E-state index is 12.6. The Labute approximate surface area is 179 Å². The molecule has 0 amide bonds. The van der Waals surface area contributed by atoms with Gasteiger partial charge in [-0.1, -0.05) is 45.9 Å². The number of ether oxygens (including phenoxy) is 2. The minimum Gasteiger partial charge on any atom is -0.462 e. The van der Waals surface area contributed by atoms with E-state index in [1.807, 2.05) is 20.8 Å². The van der Waals surface area contributed by atoms with E-state index in [1.54, 1.807) is 0 Å². The smallest absolute Gasteiger partial charge is 0.309 e. The summed E-state index contributed by atoms with van der Waals surface area (Å²) in [6, 6.07) is 0. The number of cyclic esters (lactones) is 1. The molecule has 3 rings (SSSR count). The molecule has 0 aromatic heterocycles. The van der Waals surface area contributed by atoms with E-state index in [-0.39, 0.29) is 54.1 Å². The fraction of sp³-hybridized carbons (Fsp3) is 0.750. The second-order valence-electron chi connectivity index (χ2n) is 9.42. The van der Waals surface area contributed by atoms with Gasteiger partial charge in [-0.15, -0.1) is 0 Å². The van der Waals surface area contributed by atoms with Crippen LogP contribution in [0.25, 0.3) is 0 Å². The van der Waals surface area contributed by atoms with Crippen molar-refractivity contribution in [1.29, 1.82) is 0 Å². The number of esters is 2. The molecule has 9 atom stereocenters. The van der Waals surface area contributed by atoms with Crippen LogP contribution in [0.1, 0.15) is 59.8 Å². The van der Waals surface area contributed by atoms with E-state index in [0.29, 0.717) is 19.3 Å². The Balaban J connectivity index is 1.79. The van der Waals surface area contributed by atoms with Gasteiger partial charge in [-0.2, -0.15) is 0 Å². The first-order valence-corrected chi connectivity index (χ1v) is 11.4. The predicted octanol–water partition coefficient (Wildman–Crippen LogP) is 3.17. The molecule has 1 aliphatic heterocycles. The Morgan fingerprint density at radius 3 is 2.67 bits per heavy atom. The van der Waals surface area contributed by atoms with Gasteiger partial charge in [0.15, 0.2) is 0 Å². The third-order valence-corrected chi connectivity index (χ3v) is 7.12. The topological polar surface area (TPSA) is 93.1 Å². The van der Waals surface area contributed by atoms with Crippen molar-refractivity contribution in [3.05, 3.63) is 23.8 Å². The summed E-state index contributed by atoms with van der Waals surface area (Å²) < 4.78 is 11.3. The van der Waals surface area contributed by atoms with Crippen LogP contribution in [-0.2, 0) is 19.1 Å². The molecule has 1 heterocycles. The predicted molar refractivity (Wildman–Crippen MR) is 112 cm³/mol. The van der Waals surface area contributed by atoms with E-state index in [2.05, 4.69) is 25.2 Å². The molecule has 0 aromatic rings. The molecular weight excluding hydrogens is 384 g/mol. The number of rotatable bonds is 6.